The number of rotatable bonds is 4. The Kier molecular flexibility index (Phi) is 3.17. The Labute approximate surface area is 96.5 Å². The number of methoxy groups -OCH3 is 1. The summed E-state index contributed by atoms with van der Waals surface area (Å²) in [6, 6.07) is 7.68. The van der Waals surface area contributed by atoms with E-state index in [0.29, 0.717) is 0 Å². The molecular weight excluding hydrogens is 226 g/mol. The number of hydrogen-bond acceptors (Lipinski definition) is 5. The summed E-state index contributed by atoms with van der Waals surface area (Å²) >= 11 is 1.48. The molecule has 0 amide bonds. The first-order valence-electron chi connectivity index (χ1n) is 4.79. The molecule has 0 radical (unpaired) electrons. The molecule has 2 rings (SSSR count). The van der Waals surface area contributed by atoms with Crippen LogP contribution in [0.5, 0.6) is 0 Å². The van der Waals surface area contributed by atoms with Gasteiger partial charge in [-0.1, -0.05) is 12.1 Å². The van der Waals surface area contributed by atoms with Crippen molar-refractivity contribution < 1.29 is 14.6 Å². The number of ether oxygens (including phenoxy) is 1. The Hall–Kier alpha value is -1.46. The van der Waals surface area contributed by atoms with Crippen LogP contribution in [0, 0.1) is 0 Å². The van der Waals surface area contributed by atoms with E-state index in [1.54, 1.807) is 0 Å². The van der Waals surface area contributed by atoms with Crippen LogP contribution in [-0.4, -0.2) is 24.2 Å². The minimum Gasteiger partial charge on any atom is -0.547 e. The largest absolute Gasteiger partial charge is 0.547 e. The summed E-state index contributed by atoms with van der Waals surface area (Å²) in [6.07, 6.45) is -0.682. The molecule has 0 aliphatic carbocycles. The van der Waals surface area contributed by atoms with E-state index in [1.807, 2.05) is 24.3 Å². The van der Waals surface area contributed by atoms with Crippen molar-refractivity contribution in [2.75, 3.05) is 7.11 Å². The van der Waals surface area contributed by atoms with Crippen LogP contribution in [0.2, 0.25) is 0 Å². The van der Waals surface area contributed by atoms with Gasteiger partial charge in [-0.25, -0.2) is 4.98 Å². The molecule has 1 atom stereocenters. The minimum atomic E-state index is -1.21. The maximum absolute atomic E-state index is 10.7. The highest BCUT2D eigenvalue weighted by Gasteiger charge is 2.12. The van der Waals surface area contributed by atoms with Crippen LogP contribution in [0.1, 0.15) is 5.01 Å². The van der Waals surface area contributed by atoms with Crippen molar-refractivity contribution >= 4 is 27.5 Å². The number of nitrogens with zero attached hydrogens (tertiary/aromatic N) is 1. The van der Waals surface area contributed by atoms with Gasteiger partial charge in [0.2, 0.25) is 0 Å². The number of hydrogen-bond donors (Lipinski definition) is 0. The summed E-state index contributed by atoms with van der Waals surface area (Å²) < 4.78 is 5.86. The third kappa shape index (κ3) is 2.20. The molecule has 1 aromatic heterocycles. The Balaban J connectivity index is 2.24. The number of carbonyl (C=O) groups excluding carboxylic acids is 1. The molecule has 0 saturated carbocycles. The Morgan fingerprint density at radius 2 is 2.31 bits per heavy atom. The SMILES string of the molecule is CO[C@@H](Cc1nc2ccccc2s1)C(=O)[O-]. The number of benzene rings is 1. The van der Waals surface area contributed by atoms with Crippen LogP contribution >= 0.6 is 11.3 Å². The third-order valence-electron chi connectivity index (χ3n) is 2.25. The Morgan fingerprint density at radius 1 is 1.56 bits per heavy atom. The third-order valence-corrected chi connectivity index (χ3v) is 3.30. The molecule has 16 heavy (non-hydrogen) atoms. The predicted molar refractivity (Wildman–Crippen MR) is 59.1 cm³/mol. The van der Waals surface area contributed by atoms with Gasteiger partial charge < -0.3 is 14.6 Å². The van der Waals surface area contributed by atoms with Crippen LogP contribution in [0.15, 0.2) is 24.3 Å². The van der Waals surface area contributed by atoms with Crippen molar-refractivity contribution in [3.05, 3.63) is 29.3 Å². The number of carboxylic acid groups (broad SMARTS) is 1. The molecule has 84 valence electrons. The topological polar surface area (TPSA) is 62.2 Å². The number of para-hydroxylation sites is 1. The molecule has 0 unspecified atom stereocenters. The van der Waals surface area contributed by atoms with E-state index in [9.17, 15) is 9.90 Å². The minimum absolute atomic E-state index is 0.248. The average molecular weight is 236 g/mol. The molecule has 2 aromatic rings. The first kappa shape index (κ1) is 11.0. The van der Waals surface area contributed by atoms with Gasteiger partial charge >= 0.3 is 0 Å². The Morgan fingerprint density at radius 3 is 2.94 bits per heavy atom. The maximum Gasteiger partial charge on any atom is 0.103 e. The quantitative estimate of drug-likeness (QED) is 0.780. The van der Waals surface area contributed by atoms with Crippen molar-refractivity contribution in [1.29, 1.82) is 0 Å². The lowest BCUT2D eigenvalue weighted by Crippen LogP contribution is -2.38. The summed E-state index contributed by atoms with van der Waals surface area (Å²) in [5.41, 5.74) is 0.885. The zero-order valence-electron chi connectivity index (χ0n) is 8.67. The van der Waals surface area contributed by atoms with Crippen molar-refractivity contribution in [1.82, 2.24) is 4.98 Å². The predicted octanol–water partition coefficient (Wildman–Crippen LogP) is 0.604. The van der Waals surface area contributed by atoms with Gasteiger partial charge in [-0.2, -0.15) is 0 Å². The van der Waals surface area contributed by atoms with Gasteiger partial charge in [0.05, 0.1) is 21.2 Å². The standard InChI is InChI=1S/C11H11NO3S/c1-15-8(11(13)14)6-10-12-7-4-2-3-5-9(7)16-10/h2-5,8H,6H2,1H3,(H,13,14)/p-1/t8-/m0/s1. The van der Waals surface area contributed by atoms with E-state index in [4.69, 9.17) is 4.74 Å². The van der Waals surface area contributed by atoms with Crippen LogP contribution in [0.25, 0.3) is 10.2 Å². The maximum atomic E-state index is 10.7. The number of aromatic nitrogens is 1. The highest BCUT2D eigenvalue weighted by atomic mass is 32.1. The molecular formula is C11H10NO3S-. The normalized spacial score (nSPS) is 12.8. The lowest BCUT2D eigenvalue weighted by atomic mass is 10.2. The van der Waals surface area contributed by atoms with Crippen LogP contribution < -0.4 is 5.11 Å². The fourth-order valence-electron chi connectivity index (χ4n) is 1.43. The molecule has 5 heteroatoms. The second-order valence-electron chi connectivity index (χ2n) is 3.32. The molecule has 1 heterocycles. The summed E-state index contributed by atoms with van der Waals surface area (Å²) in [6.45, 7) is 0. The van der Waals surface area contributed by atoms with Gasteiger partial charge in [-0.15, -0.1) is 11.3 Å². The number of carboxylic acids is 1. The van der Waals surface area contributed by atoms with Gasteiger partial charge in [0.1, 0.15) is 6.10 Å². The number of carbonyl (C=O) groups is 1. The fourth-order valence-corrected chi connectivity index (χ4v) is 2.43. The van der Waals surface area contributed by atoms with Gasteiger partial charge in [0.25, 0.3) is 0 Å². The van der Waals surface area contributed by atoms with Crippen LogP contribution in [0.4, 0.5) is 0 Å². The van der Waals surface area contributed by atoms with Crippen molar-refractivity contribution in [2.24, 2.45) is 0 Å². The summed E-state index contributed by atoms with van der Waals surface area (Å²) in [4.78, 5) is 15.0. The van der Waals surface area contributed by atoms with Gasteiger partial charge in [0, 0.05) is 13.5 Å². The van der Waals surface area contributed by atoms with Gasteiger partial charge in [0.15, 0.2) is 0 Å². The highest BCUT2D eigenvalue weighted by molar-refractivity contribution is 7.18. The molecule has 0 fully saturated rings. The lowest BCUT2D eigenvalue weighted by molar-refractivity contribution is -0.315. The Bertz CT molecular complexity index is 476. The molecule has 0 aliphatic rings. The second-order valence-corrected chi connectivity index (χ2v) is 4.44. The molecule has 0 aliphatic heterocycles. The average Bonchev–Trinajstić information content (AvgIpc) is 2.67. The van der Waals surface area contributed by atoms with Crippen molar-refractivity contribution in [3.8, 4) is 0 Å². The van der Waals surface area contributed by atoms with Crippen LogP contribution in [0.3, 0.4) is 0 Å². The lowest BCUT2D eigenvalue weighted by Gasteiger charge is -2.13. The zero-order chi connectivity index (χ0) is 11.5. The molecule has 1 aromatic carbocycles. The monoisotopic (exact) mass is 236 g/mol. The molecule has 0 bridgehead atoms. The van der Waals surface area contributed by atoms with Crippen molar-refractivity contribution in [2.45, 2.75) is 12.5 Å². The van der Waals surface area contributed by atoms with Crippen LogP contribution in [-0.2, 0) is 16.0 Å². The van der Waals surface area contributed by atoms with Gasteiger partial charge in [-0.3, -0.25) is 0 Å². The fraction of sp³-hybridized carbons (Fsp3) is 0.273. The molecule has 0 saturated heterocycles. The second kappa shape index (κ2) is 4.59. The van der Waals surface area contributed by atoms with E-state index in [-0.39, 0.29) is 6.42 Å². The van der Waals surface area contributed by atoms with E-state index in [0.717, 1.165) is 15.2 Å². The molecule has 0 N–H and O–H groups in total. The first-order chi connectivity index (χ1) is 7.70. The zero-order valence-corrected chi connectivity index (χ0v) is 9.49. The first-order valence-corrected chi connectivity index (χ1v) is 5.60. The highest BCUT2D eigenvalue weighted by Crippen LogP contribution is 2.22. The number of aliphatic carboxylic acids is 1. The van der Waals surface area contributed by atoms with E-state index >= 15 is 0 Å². The number of thiazole rings is 1. The summed E-state index contributed by atoms with van der Waals surface area (Å²) in [7, 11) is 1.35. The molecule has 4 nitrogen and oxygen atoms in total. The molecule has 0 spiro atoms. The van der Waals surface area contributed by atoms with E-state index in [1.165, 1.54) is 18.4 Å². The summed E-state index contributed by atoms with van der Waals surface area (Å²) in [5.74, 6) is -1.21. The number of fused-ring (bicyclic) bond motifs is 1. The smallest absolute Gasteiger partial charge is 0.103 e. The van der Waals surface area contributed by atoms with Gasteiger partial charge in [-0.05, 0) is 12.1 Å². The summed E-state index contributed by atoms with van der Waals surface area (Å²) in [5, 5.41) is 11.4. The van der Waals surface area contributed by atoms with Crippen molar-refractivity contribution in [3.63, 3.8) is 0 Å². The van der Waals surface area contributed by atoms with E-state index < -0.39 is 12.1 Å². The van der Waals surface area contributed by atoms with E-state index in [2.05, 4.69) is 4.98 Å².